The summed E-state index contributed by atoms with van der Waals surface area (Å²) >= 11 is 0. The van der Waals surface area contributed by atoms with Crippen molar-refractivity contribution < 1.29 is 4.74 Å². The fraction of sp³-hybridized carbons (Fsp3) is 0.480. The quantitative estimate of drug-likeness (QED) is 0.294. The average Bonchev–Trinajstić information content (AvgIpc) is 3.20. The summed E-state index contributed by atoms with van der Waals surface area (Å²) in [6, 6.07) is 19.1. The molecule has 2 aromatic carbocycles. The number of likely N-dealkylation sites (tertiary alicyclic amines) is 1. The van der Waals surface area contributed by atoms with E-state index < -0.39 is 0 Å². The highest BCUT2D eigenvalue weighted by Gasteiger charge is 2.25. The van der Waals surface area contributed by atoms with Crippen LogP contribution in [0.2, 0.25) is 0 Å². The van der Waals surface area contributed by atoms with Crippen LogP contribution in [0.5, 0.6) is 0 Å². The summed E-state index contributed by atoms with van der Waals surface area (Å²) in [6.07, 6.45) is 1.15. The van der Waals surface area contributed by atoms with Crippen LogP contribution in [0, 0.1) is 5.92 Å². The third kappa shape index (κ3) is 8.79. The van der Waals surface area contributed by atoms with Crippen molar-refractivity contribution in [2.45, 2.75) is 33.0 Å². The van der Waals surface area contributed by atoms with E-state index in [0.29, 0.717) is 19.1 Å². The van der Waals surface area contributed by atoms with E-state index in [9.17, 15) is 0 Å². The minimum atomic E-state index is 0. The van der Waals surface area contributed by atoms with Crippen molar-refractivity contribution in [3.8, 4) is 0 Å². The van der Waals surface area contributed by atoms with Crippen molar-refractivity contribution in [2.75, 3.05) is 40.3 Å². The molecule has 0 aliphatic carbocycles. The zero-order valence-corrected chi connectivity index (χ0v) is 21.4. The van der Waals surface area contributed by atoms with E-state index in [0.717, 1.165) is 45.2 Å². The van der Waals surface area contributed by atoms with Crippen molar-refractivity contribution in [3.05, 3.63) is 71.3 Å². The second kappa shape index (κ2) is 13.7. The van der Waals surface area contributed by atoms with Crippen LogP contribution in [0.15, 0.2) is 59.6 Å². The van der Waals surface area contributed by atoms with Crippen molar-refractivity contribution in [1.29, 1.82) is 0 Å². The van der Waals surface area contributed by atoms with Gasteiger partial charge in [-0.25, -0.2) is 4.99 Å². The Morgan fingerprint density at radius 3 is 2.58 bits per heavy atom. The maximum atomic E-state index is 5.97. The molecular weight excluding hydrogens is 499 g/mol. The van der Waals surface area contributed by atoms with Crippen LogP contribution in [-0.2, 0) is 24.4 Å². The molecule has 0 bridgehead atoms. The highest BCUT2D eigenvalue weighted by molar-refractivity contribution is 14.0. The largest absolute Gasteiger partial charge is 0.376 e. The number of nitrogens with one attached hydrogen (secondary N) is 1. The number of benzene rings is 2. The van der Waals surface area contributed by atoms with E-state index in [2.05, 4.69) is 84.7 Å². The number of hydrogen-bond acceptors (Lipinski definition) is 3. The van der Waals surface area contributed by atoms with Crippen LogP contribution in [0.1, 0.15) is 30.0 Å². The van der Waals surface area contributed by atoms with Crippen LogP contribution >= 0.6 is 24.0 Å². The first-order chi connectivity index (χ1) is 14.6. The molecule has 6 heteroatoms. The maximum absolute atomic E-state index is 5.97. The predicted octanol–water partition coefficient (Wildman–Crippen LogP) is 4.37. The van der Waals surface area contributed by atoms with Crippen molar-refractivity contribution >= 4 is 29.9 Å². The Morgan fingerprint density at radius 2 is 1.84 bits per heavy atom. The molecule has 0 saturated carbocycles. The van der Waals surface area contributed by atoms with Gasteiger partial charge in [-0.15, -0.1) is 24.0 Å². The maximum Gasteiger partial charge on any atom is 0.194 e. The smallest absolute Gasteiger partial charge is 0.194 e. The van der Waals surface area contributed by atoms with E-state index in [1.807, 2.05) is 6.07 Å². The molecule has 2 aromatic rings. The number of hydrogen-bond donors (Lipinski definition) is 1. The number of guanidine groups is 1. The van der Waals surface area contributed by atoms with Crippen molar-refractivity contribution in [3.63, 3.8) is 0 Å². The number of aliphatic imine (C=N–C) groups is 1. The molecule has 0 aromatic heterocycles. The number of halogens is 1. The van der Waals surface area contributed by atoms with Gasteiger partial charge in [0.2, 0.25) is 0 Å². The van der Waals surface area contributed by atoms with Gasteiger partial charge in [-0.05, 0) is 44.1 Å². The summed E-state index contributed by atoms with van der Waals surface area (Å²) in [7, 11) is 4.20. The molecule has 1 heterocycles. The third-order valence-corrected chi connectivity index (χ3v) is 5.29. The highest BCUT2D eigenvalue weighted by atomic mass is 127. The van der Waals surface area contributed by atoms with E-state index in [1.165, 1.54) is 16.7 Å². The van der Waals surface area contributed by atoms with Crippen LogP contribution in [0.4, 0.5) is 0 Å². The molecule has 0 radical (unpaired) electrons. The zero-order valence-electron chi connectivity index (χ0n) is 19.1. The van der Waals surface area contributed by atoms with Crippen molar-refractivity contribution in [2.24, 2.45) is 10.9 Å². The first kappa shape index (κ1) is 25.6. The predicted molar refractivity (Wildman–Crippen MR) is 140 cm³/mol. The SMILES string of the molecule is CCNC(=NCc1cccc(CN(C)C)c1)N1CCC(COCc2ccccc2)C1.I. The Hall–Kier alpha value is -1.64. The van der Waals surface area contributed by atoms with Crippen LogP contribution in [0.25, 0.3) is 0 Å². The molecule has 0 spiro atoms. The lowest BCUT2D eigenvalue weighted by atomic mass is 10.1. The Labute approximate surface area is 204 Å². The van der Waals surface area contributed by atoms with Gasteiger partial charge in [-0.2, -0.15) is 0 Å². The van der Waals surface area contributed by atoms with Gasteiger partial charge in [0.15, 0.2) is 5.96 Å². The van der Waals surface area contributed by atoms with Crippen LogP contribution in [0.3, 0.4) is 0 Å². The second-order valence-electron chi connectivity index (χ2n) is 8.33. The third-order valence-electron chi connectivity index (χ3n) is 5.29. The standard InChI is InChI=1S/C25H36N4O.HI/c1-4-26-25(27-16-22-11-8-12-23(15-22)17-28(2)3)29-14-13-24(18-29)20-30-19-21-9-6-5-7-10-21;/h5-12,15,24H,4,13-14,16-20H2,1-3H3,(H,26,27);1H. The normalized spacial score (nSPS) is 16.5. The molecule has 1 N–H and O–H groups in total. The van der Waals surface area contributed by atoms with Gasteiger partial charge in [0.05, 0.1) is 19.8 Å². The molecule has 3 rings (SSSR count). The first-order valence-corrected chi connectivity index (χ1v) is 11.0. The molecule has 1 aliphatic rings. The summed E-state index contributed by atoms with van der Waals surface area (Å²) < 4.78 is 5.97. The Kier molecular flexibility index (Phi) is 11.3. The van der Waals surface area contributed by atoms with Crippen LogP contribution < -0.4 is 5.32 Å². The molecule has 1 fully saturated rings. The Bertz CT molecular complexity index is 797. The van der Waals surface area contributed by atoms with Gasteiger partial charge in [-0.1, -0.05) is 54.6 Å². The molecule has 1 saturated heterocycles. The lowest BCUT2D eigenvalue weighted by Crippen LogP contribution is -2.40. The lowest BCUT2D eigenvalue weighted by molar-refractivity contribution is 0.0906. The van der Waals surface area contributed by atoms with E-state index in [-0.39, 0.29) is 24.0 Å². The molecule has 5 nitrogen and oxygen atoms in total. The first-order valence-electron chi connectivity index (χ1n) is 11.0. The summed E-state index contributed by atoms with van der Waals surface area (Å²) in [5.41, 5.74) is 3.82. The Balaban J connectivity index is 0.00000341. The molecular formula is C25H37IN4O. The molecule has 1 unspecified atom stereocenters. The van der Waals surface area contributed by atoms with Gasteiger partial charge >= 0.3 is 0 Å². The minimum Gasteiger partial charge on any atom is -0.376 e. The number of ether oxygens (including phenoxy) is 1. The molecule has 31 heavy (non-hydrogen) atoms. The summed E-state index contributed by atoms with van der Waals surface area (Å²) in [6.45, 7) is 8.19. The molecule has 0 amide bonds. The summed E-state index contributed by atoms with van der Waals surface area (Å²) in [4.78, 5) is 9.50. The molecule has 1 aliphatic heterocycles. The van der Waals surface area contributed by atoms with Gasteiger partial charge in [0.25, 0.3) is 0 Å². The fourth-order valence-corrected chi connectivity index (χ4v) is 3.86. The van der Waals surface area contributed by atoms with Crippen molar-refractivity contribution in [1.82, 2.24) is 15.1 Å². The molecule has 1 atom stereocenters. The average molecular weight is 537 g/mol. The number of nitrogens with zero attached hydrogens (tertiary/aromatic N) is 3. The highest BCUT2D eigenvalue weighted by Crippen LogP contribution is 2.18. The van der Waals surface area contributed by atoms with Gasteiger partial charge in [0, 0.05) is 32.1 Å². The van der Waals surface area contributed by atoms with E-state index in [4.69, 9.17) is 9.73 Å². The Morgan fingerprint density at radius 1 is 1.10 bits per heavy atom. The summed E-state index contributed by atoms with van der Waals surface area (Å²) in [5, 5.41) is 3.47. The number of rotatable bonds is 9. The van der Waals surface area contributed by atoms with Gasteiger partial charge < -0.3 is 19.9 Å². The second-order valence-corrected chi connectivity index (χ2v) is 8.33. The van der Waals surface area contributed by atoms with E-state index >= 15 is 0 Å². The minimum absolute atomic E-state index is 0. The fourth-order valence-electron chi connectivity index (χ4n) is 3.86. The van der Waals surface area contributed by atoms with Gasteiger partial charge in [0.1, 0.15) is 0 Å². The summed E-state index contributed by atoms with van der Waals surface area (Å²) in [5.74, 6) is 1.57. The lowest BCUT2D eigenvalue weighted by Gasteiger charge is -2.22. The van der Waals surface area contributed by atoms with E-state index in [1.54, 1.807) is 0 Å². The monoisotopic (exact) mass is 536 g/mol. The van der Waals surface area contributed by atoms with Gasteiger partial charge in [-0.3, -0.25) is 0 Å². The van der Waals surface area contributed by atoms with Crippen LogP contribution in [-0.4, -0.2) is 56.1 Å². The topological polar surface area (TPSA) is 40.1 Å². The molecule has 170 valence electrons. The zero-order chi connectivity index (χ0) is 21.2.